The zero-order chi connectivity index (χ0) is 12.4. The summed E-state index contributed by atoms with van der Waals surface area (Å²) in [5.74, 6) is 1.44. The summed E-state index contributed by atoms with van der Waals surface area (Å²) >= 11 is 11.8. The van der Waals surface area contributed by atoms with Crippen molar-refractivity contribution in [3.05, 3.63) is 16.1 Å². The van der Waals surface area contributed by atoms with Crippen molar-refractivity contribution in [1.29, 1.82) is 0 Å². The number of halogens is 2. The first-order chi connectivity index (χ1) is 8.06. The Labute approximate surface area is 111 Å². The van der Waals surface area contributed by atoms with Crippen LogP contribution in [0.25, 0.3) is 0 Å². The molecule has 94 valence electrons. The number of nitrogen functional groups attached to an aromatic ring is 1. The lowest BCUT2D eigenvalue weighted by Gasteiger charge is -2.26. The molecule has 1 fully saturated rings. The minimum Gasteiger partial charge on any atom is -0.473 e. The zero-order valence-corrected chi connectivity index (χ0v) is 11.3. The van der Waals surface area contributed by atoms with Crippen LogP contribution in [-0.4, -0.2) is 11.1 Å². The van der Waals surface area contributed by atoms with E-state index in [9.17, 15) is 0 Å². The Kier molecular flexibility index (Phi) is 4.00. The van der Waals surface area contributed by atoms with Gasteiger partial charge in [0.15, 0.2) is 0 Å². The molecule has 0 atom stereocenters. The smallest absolute Gasteiger partial charge is 0.234 e. The van der Waals surface area contributed by atoms with Gasteiger partial charge in [-0.15, -0.1) is 0 Å². The largest absolute Gasteiger partial charge is 0.473 e. The molecule has 1 aromatic heterocycles. The Balaban J connectivity index is 2.06. The number of ether oxygens (including phenoxy) is 1. The lowest BCUT2D eigenvalue weighted by molar-refractivity contribution is 0.130. The average Bonchev–Trinajstić information content (AvgIpc) is 2.29. The molecule has 0 amide bonds. The second-order valence-electron chi connectivity index (χ2n) is 4.64. The van der Waals surface area contributed by atoms with Crippen LogP contribution in [0.15, 0.2) is 6.07 Å². The van der Waals surface area contributed by atoms with Crippen molar-refractivity contribution in [2.24, 2.45) is 5.92 Å². The number of hydrogen-bond acceptors (Lipinski definition) is 3. The number of pyridine rings is 1. The zero-order valence-electron chi connectivity index (χ0n) is 9.75. The van der Waals surface area contributed by atoms with Gasteiger partial charge in [-0.3, -0.25) is 0 Å². The summed E-state index contributed by atoms with van der Waals surface area (Å²) in [6, 6.07) is 1.58. The van der Waals surface area contributed by atoms with Gasteiger partial charge in [-0.2, -0.15) is 4.98 Å². The summed E-state index contributed by atoms with van der Waals surface area (Å²) in [5.41, 5.74) is 5.64. The lowest BCUT2D eigenvalue weighted by atomic mass is 9.89. The van der Waals surface area contributed by atoms with Crippen LogP contribution in [-0.2, 0) is 0 Å². The number of nitrogens with two attached hydrogens (primary N) is 1. The van der Waals surface area contributed by atoms with Crippen molar-refractivity contribution in [3.8, 4) is 5.88 Å². The first kappa shape index (κ1) is 12.8. The van der Waals surface area contributed by atoms with Crippen molar-refractivity contribution >= 4 is 29.0 Å². The van der Waals surface area contributed by atoms with Gasteiger partial charge in [0.1, 0.15) is 16.9 Å². The number of hydrogen-bond donors (Lipinski definition) is 1. The van der Waals surface area contributed by atoms with E-state index in [0.29, 0.717) is 15.9 Å². The Morgan fingerprint density at radius 2 is 1.88 bits per heavy atom. The fraction of sp³-hybridized carbons (Fsp3) is 0.583. The second-order valence-corrected chi connectivity index (χ2v) is 5.46. The molecular formula is C12H16Cl2N2O. The SMILES string of the molecule is CC1CCC(Oc2nc(N)c(Cl)cc2Cl)CC1. The Morgan fingerprint density at radius 1 is 1.24 bits per heavy atom. The summed E-state index contributed by atoms with van der Waals surface area (Å²) in [7, 11) is 0. The highest BCUT2D eigenvalue weighted by molar-refractivity contribution is 6.36. The lowest BCUT2D eigenvalue weighted by Crippen LogP contribution is -2.23. The van der Waals surface area contributed by atoms with Gasteiger partial charge in [-0.25, -0.2) is 0 Å². The molecule has 1 saturated carbocycles. The molecule has 1 aliphatic carbocycles. The van der Waals surface area contributed by atoms with E-state index in [4.69, 9.17) is 33.7 Å². The number of nitrogens with zero attached hydrogens (tertiary/aromatic N) is 1. The van der Waals surface area contributed by atoms with Gasteiger partial charge >= 0.3 is 0 Å². The van der Waals surface area contributed by atoms with Gasteiger partial charge < -0.3 is 10.5 Å². The molecule has 0 bridgehead atoms. The van der Waals surface area contributed by atoms with E-state index in [-0.39, 0.29) is 11.9 Å². The molecule has 2 rings (SSSR count). The van der Waals surface area contributed by atoms with Gasteiger partial charge in [0.05, 0.1) is 5.02 Å². The van der Waals surface area contributed by atoms with Gasteiger partial charge in [0, 0.05) is 0 Å². The van der Waals surface area contributed by atoms with Crippen LogP contribution in [0.1, 0.15) is 32.6 Å². The predicted molar refractivity (Wildman–Crippen MR) is 70.7 cm³/mol. The molecule has 0 saturated heterocycles. The quantitative estimate of drug-likeness (QED) is 0.889. The molecule has 0 radical (unpaired) electrons. The van der Waals surface area contributed by atoms with Crippen LogP contribution in [0.5, 0.6) is 5.88 Å². The van der Waals surface area contributed by atoms with E-state index in [1.165, 1.54) is 12.8 Å². The van der Waals surface area contributed by atoms with Crippen LogP contribution >= 0.6 is 23.2 Å². The van der Waals surface area contributed by atoms with E-state index >= 15 is 0 Å². The number of rotatable bonds is 2. The third kappa shape index (κ3) is 3.17. The third-order valence-corrected chi connectivity index (χ3v) is 3.74. The molecule has 0 aromatic carbocycles. The third-order valence-electron chi connectivity index (χ3n) is 3.17. The second kappa shape index (κ2) is 5.32. The summed E-state index contributed by atoms with van der Waals surface area (Å²) in [5, 5.41) is 0.780. The molecule has 17 heavy (non-hydrogen) atoms. The maximum atomic E-state index is 6.02. The van der Waals surface area contributed by atoms with E-state index in [1.54, 1.807) is 6.07 Å². The predicted octanol–water partition coefficient (Wildman–Crippen LogP) is 3.93. The summed E-state index contributed by atoms with van der Waals surface area (Å²) in [4.78, 5) is 4.08. The van der Waals surface area contributed by atoms with Gasteiger partial charge in [-0.1, -0.05) is 30.1 Å². The molecule has 1 aliphatic rings. The van der Waals surface area contributed by atoms with Crippen molar-refractivity contribution in [2.75, 3.05) is 5.73 Å². The molecule has 1 aromatic rings. The fourth-order valence-corrected chi connectivity index (χ4v) is 2.45. The Hall–Kier alpha value is -0.670. The highest BCUT2D eigenvalue weighted by Crippen LogP contribution is 2.32. The first-order valence-corrected chi connectivity index (χ1v) is 6.60. The number of anilines is 1. The van der Waals surface area contributed by atoms with E-state index < -0.39 is 0 Å². The highest BCUT2D eigenvalue weighted by atomic mass is 35.5. The van der Waals surface area contributed by atoms with E-state index in [2.05, 4.69) is 11.9 Å². The van der Waals surface area contributed by atoms with Crippen LogP contribution in [0, 0.1) is 5.92 Å². The van der Waals surface area contributed by atoms with Gasteiger partial charge in [0.25, 0.3) is 0 Å². The standard InChI is InChI=1S/C12H16Cl2N2O/c1-7-2-4-8(5-3-7)17-12-10(14)6-9(13)11(15)16-12/h6-8H,2-5H2,1H3,(H2,15,16). The van der Waals surface area contributed by atoms with Crippen molar-refractivity contribution < 1.29 is 4.74 Å². The fourth-order valence-electron chi connectivity index (χ4n) is 2.05. The Bertz CT molecular complexity index is 404. The molecule has 1 heterocycles. The van der Waals surface area contributed by atoms with Crippen molar-refractivity contribution in [3.63, 3.8) is 0 Å². The van der Waals surface area contributed by atoms with E-state index in [0.717, 1.165) is 18.8 Å². The molecule has 3 nitrogen and oxygen atoms in total. The average molecular weight is 275 g/mol. The minimum atomic E-state index is 0.191. The molecular weight excluding hydrogens is 259 g/mol. The van der Waals surface area contributed by atoms with Crippen LogP contribution in [0.4, 0.5) is 5.82 Å². The maximum absolute atomic E-state index is 6.02. The summed E-state index contributed by atoms with van der Waals surface area (Å²) in [6.07, 6.45) is 4.65. The minimum absolute atomic E-state index is 0.191. The highest BCUT2D eigenvalue weighted by Gasteiger charge is 2.21. The molecule has 0 aliphatic heterocycles. The van der Waals surface area contributed by atoms with Gasteiger partial charge in [0.2, 0.25) is 5.88 Å². The van der Waals surface area contributed by atoms with Crippen LogP contribution in [0.2, 0.25) is 10.0 Å². The van der Waals surface area contributed by atoms with Crippen molar-refractivity contribution in [1.82, 2.24) is 4.98 Å². The van der Waals surface area contributed by atoms with Crippen LogP contribution in [0.3, 0.4) is 0 Å². The summed E-state index contributed by atoms with van der Waals surface area (Å²) < 4.78 is 5.79. The topological polar surface area (TPSA) is 48.1 Å². The van der Waals surface area contributed by atoms with Gasteiger partial charge in [-0.05, 0) is 37.7 Å². The monoisotopic (exact) mass is 274 g/mol. The number of aromatic nitrogens is 1. The molecule has 0 unspecified atom stereocenters. The van der Waals surface area contributed by atoms with Crippen LogP contribution < -0.4 is 10.5 Å². The molecule has 0 spiro atoms. The van der Waals surface area contributed by atoms with E-state index in [1.807, 2.05) is 0 Å². The van der Waals surface area contributed by atoms with Crippen molar-refractivity contribution in [2.45, 2.75) is 38.7 Å². The maximum Gasteiger partial charge on any atom is 0.234 e. The Morgan fingerprint density at radius 3 is 2.53 bits per heavy atom. The normalized spacial score (nSPS) is 24.6. The molecule has 2 N–H and O–H groups in total. The molecule has 5 heteroatoms. The first-order valence-electron chi connectivity index (χ1n) is 5.84. The summed E-state index contributed by atoms with van der Waals surface area (Å²) in [6.45, 7) is 2.27.